The Kier molecular flexibility index (Phi) is 3.69. The number of aromatic nitrogens is 1. The third-order valence-corrected chi connectivity index (χ3v) is 3.98. The lowest BCUT2D eigenvalue weighted by molar-refractivity contribution is 0.200. The zero-order valence-corrected chi connectivity index (χ0v) is 11.8. The SMILES string of the molecule is CC1CN(Cc2ccc(Cl)c3cccnc23)CCN1. The summed E-state index contributed by atoms with van der Waals surface area (Å²) in [6.45, 7) is 6.39. The van der Waals surface area contributed by atoms with Gasteiger partial charge in [-0.3, -0.25) is 9.88 Å². The van der Waals surface area contributed by atoms with E-state index in [0.29, 0.717) is 6.04 Å². The van der Waals surface area contributed by atoms with E-state index in [-0.39, 0.29) is 0 Å². The van der Waals surface area contributed by atoms with Crippen LogP contribution in [0.15, 0.2) is 30.5 Å². The molecule has 1 aliphatic heterocycles. The van der Waals surface area contributed by atoms with Gasteiger partial charge in [-0.2, -0.15) is 0 Å². The fourth-order valence-electron chi connectivity index (χ4n) is 2.72. The molecule has 1 saturated heterocycles. The average Bonchev–Trinajstić information content (AvgIpc) is 2.42. The van der Waals surface area contributed by atoms with Gasteiger partial charge in [0.1, 0.15) is 0 Å². The van der Waals surface area contributed by atoms with Gasteiger partial charge in [0, 0.05) is 48.8 Å². The molecule has 1 fully saturated rings. The Balaban J connectivity index is 1.90. The minimum Gasteiger partial charge on any atom is -0.312 e. The van der Waals surface area contributed by atoms with E-state index in [1.807, 2.05) is 24.4 Å². The minimum absolute atomic E-state index is 0.556. The molecule has 1 aromatic heterocycles. The predicted octanol–water partition coefficient (Wildman–Crippen LogP) is 2.68. The van der Waals surface area contributed by atoms with Crippen LogP contribution in [0.5, 0.6) is 0 Å². The lowest BCUT2D eigenvalue weighted by atomic mass is 10.1. The van der Waals surface area contributed by atoms with Gasteiger partial charge >= 0.3 is 0 Å². The molecule has 1 unspecified atom stereocenters. The number of nitrogens with one attached hydrogen (secondary N) is 1. The first-order valence-electron chi connectivity index (χ1n) is 6.72. The van der Waals surface area contributed by atoms with E-state index in [4.69, 9.17) is 11.6 Å². The first kappa shape index (κ1) is 12.9. The van der Waals surface area contributed by atoms with Crippen molar-refractivity contribution in [3.63, 3.8) is 0 Å². The average molecular weight is 276 g/mol. The third kappa shape index (κ3) is 2.73. The van der Waals surface area contributed by atoms with Gasteiger partial charge in [0.2, 0.25) is 0 Å². The first-order valence-corrected chi connectivity index (χ1v) is 7.09. The van der Waals surface area contributed by atoms with E-state index in [1.54, 1.807) is 0 Å². The van der Waals surface area contributed by atoms with Gasteiger partial charge in [-0.15, -0.1) is 0 Å². The molecule has 19 heavy (non-hydrogen) atoms. The van der Waals surface area contributed by atoms with Crippen molar-refractivity contribution in [1.29, 1.82) is 0 Å². The number of fused-ring (bicyclic) bond motifs is 1. The van der Waals surface area contributed by atoms with E-state index in [1.165, 1.54) is 5.56 Å². The van der Waals surface area contributed by atoms with Crippen molar-refractivity contribution in [1.82, 2.24) is 15.2 Å². The van der Waals surface area contributed by atoms with Crippen LogP contribution in [0.2, 0.25) is 5.02 Å². The number of benzene rings is 1. The molecule has 2 aromatic rings. The molecular weight excluding hydrogens is 258 g/mol. The molecule has 0 saturated carbocycles. The maximum absolute atomic E-state index is 6.23. The molecule has 1 aliphatic rings. The Morgan fingerprint density at radius 1 is 1.42 bits per heavy atom. The Bertz CT molecular complexity index is 585. The summed E-state index contributed by atoms with van der Waals surface area (Å²) in [7, 11) is 0. The zero-order chi connectivity index (χ0) is 13.2. The van der Waals surface area contributed by atoms with Crippen LogP contribution in [0.3, 0.4) is 0 Å². The number of pyridine rings is 1. The lowest BCUT2D eigenvalue weighted by Crippen LogP contribution is -2.48. The van der Waals surface area contributed by atoms with Crippen LogP contribution in [0.4, 0.5) is 0 Å². The highest BCUT2D eigenvalue weighted by Crippen LogP contribution is 2.25. The van der Waals surface area contributed by atoms with Crippen LogP contribution in [-0.2, 0) is 6.54 Å². The molecule has 4 heteroatoms. The summed E-state index contributed by atoms with van der Waals surface area (Å²) >= 11 is 6.23. The van der Waals surface area contributed by atoms with E-state index in [9.17, 15) is 0 Å². The molecule has 1 aromatic carbocycles. The molecule has 3 nitrogen and oxygen atoms in total. The van der Waals surface area contributed by atoms with Gasteiger partial charge in [0.15, 0.2) is 0 Å². The van der Waals surface area contributed by atoms with Gasteiger partial charge in [-0.1, -0.05) is 17.7 Å². The highest BCUT2D eigenvalue weighted by molar-refractivity contribution is 6.35. The number of rotatable bonds is 2. The molecule has 0 amide bonds. The van der Waals surface area contributed by atoms with Gasteiger partial charge in [0.25, 0.3) is 0 Å². The van der Waals surface area contributed by atoms with E-state index < -0.39 is 0 Å². The molecule has 0 bridgehead atoms. The fourth-order valence-corrected chi connectivity index (χ4v) is 2.94. The van der Waals surface area contributed by atoms with Crippen molar-refractivity contribution in [3.8, 4) is 0 Å². The normalized spacial score (nSPS) is 20.8. The zero-order valence-electron chi connectivity index (χ0n) is 11.1. The second-order valence-corrected chi connectivity index (χ2v) is 5.60. The number of piperazine rings is 1. The minimum atomic E-state index is 0.556. The number of hydrogen-bond donors (Lipinski definition) is 1. The Labute approximate surface area is 118 Å². The lowest BCUT2D eigenvalue weighted by Gasteiger charge is -2.32. The Hall–Kier alpha value is -1.16. The van der Waals surface area contributed by atoms with Gasteiger partial charge < -0.3 is 5.32 Å². The maximum Gasteiger partial charge on any atom is 0.0761 e. The molecule has 2 heterocycles. The molecule has 100 valence electrons. The van der Waals surface area contributed by atoms with E-state index >= 15 is 0 Å². The number of halogens is 1. The van der Waals surface area contributed by atoms with Crippen LogP contribution in [0.1, 0.15) is 12.5 Å². The van der Waals surface area contributed by atoms with Gasteiger partial charge in [0.05, 0.1) is 5.52 Å². The summed E-state index contributed by atoms with van der Waals surface area (Å²) in [5.41, 5.74) is 2.29. The summed E-state index contributed by atoms with van der Waals surface area (Å²) in [6, 6.07) is 8.61. The summed E-state index contributed by atoms with van der Waals surface area (Å²) in [4.78, 5) is 6.97. The first-order chi connectivity index (χ1) is 9.24. The third-order valence-electron chi connectivity index (χ3n) is 3.65. The van der Waals surface area contributed by atoms with Crippen LogP contribution < -0.4 is 5.32 Å². The standard InChI is InChI=1S/C15H18ClN3/c1-11-9-19(8-7-17-11)10-12-4-5-14(16)13-3-2-6-18-15(12)13/h2-6,11,17H,7-10H2,1H3. The van der Waals surface area contributed by atoms with Crippen molar-refractivity contribution in [2.75, 3.05) is 19.6 Å². The highest BCUT2D eigenvalue weighted by Gasteiger charge is 2.17. The van der Waals surface area contributed by atoms with Crippen molar-refractivity contribution in [3.05, 3.63) is 41.0 Å². The van der Waals surface area contributed by atoms with Gasteiger partial charge in [-0.25, -0.2) is 0 Å². The summed E-state index contributed by atoms with van der Waals surface area (Å²) in [5.74, 6) is 0. The maximum atomic E-state index is 6.23. The molecule has 3 rings (SSSR count). The van der Waals surface area contributed by atoms with Crippen molar-refractivity contribution < 1.29 is 0 Å². The second-order valence-electron chi connectivity index (χ2n) is 5.20. The van der Waals surface area contributed by atoms with Crippen LogP contribution in [0, 0.1) is 0 Å². The van der Waals surface area contributed by atoms with Crippen molar-refractivity contribution in [2.24, 2.45) is 0 Å². The van der Waals surface area contributed by atoms with E-state index in [2.05, 4.69) is 28.2 Å². The number of hydrogen-bond acceptors (Lipinski definition) is 3. The van der Waals surface area contributed by atoms with Crippen molar-refractivity contribution in [2.45, 2.75) is 19.5 Å². The number of nitrogens with zero attached hydrogens (tertiary/aromatic N) is 2. The molecule has 0 spiro atoms. The summed E-state index contributed by atoms with van der Waals surface area (Å²) in [5, 5.41) is 5.29. The van der Waals surface area contributed by atoms with E-state index in [0.717, 1.165) is 42.1 Å². The largest absolute Gasteiger partial charge is 0.312 e. The van der Waals surface area contributed by atoms with Gasteiger partial charge in [-0.05, 0) is 30.7 Å². The Morgan fingerprint density at radius 2 is 2.32 bits per heavy atom. The highest BCUT2D eigenvalue weighted by atomic mass is 35.5. The Morgan fingerprint density at radius 3 is 3.16 bits per heavy atom. The molecule has 1 N–H and O–H groups in total. The topological polar surface area (TPSA) is 28.2 Å². The van der Waals surface area contributed by atoms with Crippen LogP contribution in [-0.4, -0.2) is 35.6 Å². The second kappa shape index (κ2) is 5.45. The van der Waals surface area contributed by atoms with Crippen molar-refractivity contribution >= 4 is 22.5 Å². The van der Waals surface area contributed by atoms with Crippen LogP contribution >= 0.6 is 11.6 Å². The molecular formula is C15H18ClN3. The molecule has 0 radical (unpaired) electrons. The summed E-state index contributed by atoms with van der Waals surface area (Å²) < 4.78 is 0. The molecule has 0 aliphatic carbocycles. The predicted molar refractivity (Wildman–Crippen MR) is 79.5 cm³/mol. The monoisotopic (exact) mass is 275 g/mol. The van der Waals surface area contributed by atoms with Crippen LogP contribution in [0.25, 0.3) is 10.9 Å². The summed E-state index contributed by atoms with van der Waals surface area (Å²) in [6.07, 6.45) is 1.84. The smallest absolute Gasteiger partial charge is 0.0761 e. The quantitative estimate of drug-likeness (QED) is 0.913. The fraction of sp³-hybridized carbons (Fsp3) is 0.400. The molecule has 1 atom stereocenters.